The molecule has 1 aromatic heterocycles. The van der Waals surface area contributed by atoms with E-state index in [-0.39, 0.29) is 0 Å². The van der Waals surface area contributed by atoms with Gasteiger partial charge in [0.15, 0.2) is 0 Å². The van der Waals surface area contributed by atoms with E-state index in [4.69, 9.17) is 0 Å². The number of rotatable bonds is 2. The van der Waals surface area contributed by atoms with Crippen LogP contribution in [0, 0.1) is 0 Å². The molecule has 1 aliphatic heterocycles. The van der Waals surface area contributed by atoms with Gasteiger partial charge in [-0.2, -0.15) is 5.10 Å². The highest BCUT2D eigenvalue weighted by Crippen LogP contribution is 2.13. The predicted molar refractivity (Wildman–Crippen MR) is 60.5 cm³/mol. The first-order valence-electron chi connectivity index (χ1n) is 5.61. The molecule has 0 aromatic carbocycles. The molecule has 2 rings (SSSR count). The Bertz CT molecular complexity index is 310. The zero-order chi connectivity index (χ0) is 10.8. The summed E-state index contributed by atoms with van der Waals surface area (Å²) in [6.07, 6.45) is 4.06. The normalized spacial score (nSPS) is 28.2. The SMILES string of the molecule is CC1CNCC(C)N1Cc1cnn(C)c1. The van der Waals surface area contributed by atoms with Gasteiger partial charge in [-0.25, -0.2) is 0 Å². The largest absolute Gasteiger partial charge is 0.314 e. The van der Waals surface area contributed by atoms with Gasteiger partial charge in [0.2, 0.25) is 0 Å². The van der Waals surface area contributed by atoms with E-state index in [2.05, 4.69) is 35.4 Å². The van der Waals surface area contributed by atoms with Crippen molar-refractivity contribution in [1.29, 1.82) is 0 Å². The van der Waals surface area contributed by atoms with Gasteiger partial charge in [-0.15, -0.1) is 0 Å². The van der Waals surface area contributed by atoms with Crippen LogP contribution in [0.5, 0.6) is 0 Å². The van der Waals surface area contributed by atoms with Crippen LogP contribution in [0.2, 0.25) is 0 Å². The van der Waals surface area contributed by atoms with Crippen molar-refractivity contribution in [3.05, 3.63) is 18.0 Å². The molecule has 4 nitrogen and oxygen atoms in total. The van der Waals surface area contributed by atoms with Crippen LogP contribution >= 0.6 is 0 Å². The van der Waals surface area contributed by atoms with Crippen molar-refractivity contribution >= 4 is 0 Å². The fraction of sp³-hybridized carbons (Fsp3) is 0.727. The van der Waals surface area contributed by atoms with E-state index in [1.54, 1.807) is 0 Å². The zero-order valence-corrected chi connectivity index (χ0v) is 9.77. The molecule has 4 heteroatoms. The third-order valence-corrected chi connectivity index (χ3v) is 3.14. The third kappa shape index (κ3) is 2.38. The molecule has 0 saturated carbocycles. The van der Waals surface area contributed by atoms with Gasteiger partial charge in [-0.1, -0.05) is 0 Å². The summed E-state index contributed by atoms with van der Waals surface area (Å²) in [6.45, 7) is 7.74. The number of nitrogens with one attached hydrogen (secondary N) is 1. The fourth-order valence-electron chi connectivity index (χ4n) is 2.25. The minimum absolute atomic E-state index is 0.606. The molecule has 0 spiro atoms. The van der Waals surface area contributed by atoms with Crippen molar-refractivity contribution in [2.24, 2.45) is 7.05 Å². The first-order valence-corrected chi connectivity index (χ1v) is 5.61. The molecular formula is C11H20N4. The molecule has 2 heterocycles. The fourth-order valence-corrected chi connectivity index (χ4v) is 2.25. The summed E-state index contributed by atoms with van der Waals surface area (Å²) >= 11 is 0. The van der Waals surface area contributed by atoms with Crippen molar-refractivity contribution in [2.75, 3.05) is 13.1 Å². The topological polar surface area (TPSA) is 33.1 Å². The molecule has 1 N–H and O–H groups in total. The average Bonchev–Trinajstić information content (AvgIpc) is 2.58. The molecule has 1 aromatic rings. The summed E-state index contributed by atoms with van der Waals surface area (Å²) in [5.41, 5.74) is 1.30. The Morgan fingerprint density at radius 3 is 2.60 bits per heavy atom. The summed E-state index contributed by atoms with van der Waals surface area (Å²) < 4.78 is 1.87. The number of hydrogen-bond donors (Lipinski definition) is 1. The van der Waals surface area contributed by atoms with Crippen LogP contribution in [0.1, 0.15) is 19.4 Å². The number of aryl methyl sites for hydroxylation is 1. The molecule has 0 radical (unpaired) electrons. The molecule has 0 bridgehead atoms. The monoisotopic (exact) mass is 208 g/mol. The van der Waals surface area contributed by atoms with Crippen molar-refractivity contribution in [2.45, 2.75) is 32.5 Å². The lowest BCUT2D eigenvalue weighted by Gasteiger charge is -2.39. The molecular weight excluding hydrogens is 188 g/mol. The first-order chi connectivity index (χ1) is 7.16. The third-order valence-electron chi connectivity index (χ3n) is 3.14. The van der Waals surface area contributed by atoms with E-state index in [1.165, 1.54) is 5.56 Å². The highest BCUT2D eigenvalue weighted by atomic mass is 15.3. The minimum Gasteiger partial charge on any atom is -0.314 e. The highest BCUT2D eigenvalue weighted by Gasteiger charge is 2.24. The van der Waals surface area contributed by atoms with E-state index >= 15 is 0 Å². The van der Waals surface area contributed by atoms with Crippen molar-refractivity contribution < 1.29 is 0 Å². The number of hydrogen-bond acceptors (Lipinski definition) is 3. The van der Waals surface area contributed by atoms with Gasteiger partial charge < -0.3 is 5.32 Å². The lowest BCUT2D eigenvalue weighted by molar-refractivity contribution is 0.109. The van der Waals surface area contributed by atoms with E-state index < -0.39 is 0 Å². The van der Waals surface area contributed by atoms with Gasteiger partial charge in [0.25, 0.3) is 0 Å². The molecule has 1 saturated heterocycles. The number of piperazine rings is 1. The maximum atomic E-state index is 4.21. The minimum atomic E-state index is 0.606. The smallest absolute Gasteiger partial charge is 0.0534 e. The average molecular weight is 208 g/mol. The van der Waals surface area contributed by atoms with Gasteiger partial charge in [0, 0.05) is 50.5 Å². The Balaban J connectivity index is 2.03. The van der Waals surface area contributed by atoms with Gasteiger partial charge in [-0.3, -0.25) is 9.58 Å². The van der Waals surface area contributed by atoms with E-state index in [0.717, 1.165) is 19.6 Å². The van der Waals surface area contributed by atoms with Crippen LogP contribution < -0.4 is 5.32 Å². The Labute approximate surface area is 91.3 Å². The van der Waals surface area contributed by atoms with Crippen LogP contribution in [-0.2, 0) is 13.6 Å². The second-order valence-corrected chi connectivity index (χ2v) is 4.55. The van der Waals surface area contributed by atoms with E-state index in [0.29, 0.717) is 12.1 Å². The van der Waals surface area contributed by atoms with Crippen LogP contribution in [0.3, 0.4) is 0 Å². The molecule has 2 unspecified atom stereocenters. The molecule has 1 aliphatic rings. The van der Waals surface area contributed by atoms with Gasteiger partial charge in [-0.05, 0) is 13.8 Å². The van der Waals surface area contributed by atoms with Crippen molar-refractivity contribution in [1.82, 2.24) is 20.0 Å². The molecule has 0 amide bonds. The van der Waals surface area contributed by atoms with Crippen LogP contribution in [0.4, 0.5) is 0 Å². The van der Waals surface area contributed by atoms with Crippen molar-refractivity contribution in [3.8, 4) is 0 Å². The predicted octanol–water partition coefficient (Wildman–Crippen LogP) is 0.602. The Hall–Kier alpha value is -0.870. The molecule has 1 fully saturated rings. The molecule has 2 atom stereocenters. The zero-order valence-electron chi connectivity index (χ0n) is 9.77. The summed E-state index contributed by atoms with van der Waals surface area (Å²) in [5.74, 6) is 0. The lowest BCUT2D eigenvalue weighted by atomic mass is 10.1. The van der Waals surface area contributed by atoms with Gasteiger partial charge in [0.05, 0.1) is 6.20 Å². The summed E-state index contributed by atoms with van der Waals surface area (Å²) in [7, 11) is 1.97. The lowest BCUT2D eigenvalue weighted by Crippen LogP contribution is -2.54. The van der Waals surface area contributed by atoms with Gasteiger partial charge in [0.1, 0.15) is 0 Å². The number of aromatic nitrogens is 2. The highest BCUT2D eigenvalue weighted by molar-refractivity contribution is 5.04. The summed E-state index contributed by atoms with van der Waals surface area (Å²) in [5, 5.41) is 7.65. The molecule has 0 aliphatic carbocycles. The maximum Gasteiger partial charge on any atom is 0.0534 e. The standard InChI is InChI=1S/C11H20N4/c1-9-4-12-5-10(2)15(9)8-11-6-13-14(3)7-11/h6-7,9-10,12H,4-5,8H2,1-3H3. The second kappa shape index (κ2) is 4.33. The van der Waals surface area contributed by atoms with E-state index in [1.807, 2.05) is 17.9 Å². The van der Waals surface area contributed by atoms with Crippen molar-refractivity contribution in [3.63, 3.8) is 0 Å². The second-order valence-electron chi connectivity index (χ2n) is 4.55. The van der Waals surface area contributed by atoms with Crippen LogP contribution in [-0.4, -0.2) is 39.9 Å². The summed E-state index contributed by atoms with van der Waals surface area (Å²) in [4.78, 5) is 2.54. The van der Waals surface area contributed by atoms with Gasteiger partial charge >= 0.3 is 0 Å². The van der Waals surface area contributed by atoms with Crippen LogP contribution in [0.15, 0.2) is 12.4 Å². The summed E-state index contributed by atoms with van der Waals surface area (Å²) in [6, 6.07) is 1.21. The quantitative estimate of drug-likeness (QED) is 0.772. The first kappa shape index (κ1) is 10.6. The Morgan fingerprint density at radius 2 is 2.07 bits per heavy atom. The Kier molecular flexibility index (Phi) is 3.07. The maximum absolute atomic E-state index is 4.21. The Morgan fingerprint density at radius 1 is 1.40 bits per heavy atom. The van der Waals surface area contributed by atoms with Crippen LogP contribution in [0.25, 0.3) is 0 Å². The van der Waals surface area contributed by atoms with E-state index in [9.17, 15) is 0 Å². The number of nitrogens with zero attached hydrogens (tertiary/aromatic N) is 3. The molecule has 84 valence electrons. The molecule has 15 heavy (non-hydrogen) atoms.